The molecule has 2 heterocycles. The van der Waals surface area contributed by atoms with Crippen molar-refractivity contribution in [2.45, 2.75) is 26.0 Å². The number of rotatable bonds is 9. The lowest BCUT2D eigenvalue weighted by Gasteiger charge is -2.08. The number of para-hydroxylation sites is 4. The van der Waals surface area contributed by atoms with Crippen LogP contribution in [0.25, 0.3) is 11.0 Å². The second kappa shape index (κ2) is 10.3. The Labute approximate surface area is 199 Å². The van der Waals surface area contributed by atoms with Crippen molar-refractivity contribution in [1.29, 1.82) is 0 Å². The van der Waals surface area contributed by atoms with Gasteiger partial charge in [0.25, 0.3) is 0 Å². The first kappa shape index (κ1) is 23.2. The summed E-state index contributed by atoms with van der Waals surface area (Å²) in [6.07, 6.45) is 0.160. The maximum absolute atomic E-state index is 12.4. The van der Waals surface area contributed by atoms with Crippen LogP contribution in [0, 0.1) is 0 Å². The van der Waals surface area contributed by atoms with Crippen LogP contribution in [0.1, 0.15) is 17.1 Å². The zero-order chi connectivity index (χ0) is 24.1. The lowest BCUT2D eigenvalue weighted by Crippen LogP contribution is -2.23. The Hall–Kier alpha value is -3.92. The second-order valence-electron chi connectivity index (χ2n) is 7.55. The normalized spacial score (nSPS) is 10.9. The molecule has 4 aromatic rings. The highest BCUT2D eigenvalue weighted by Crippen LogP contribution is 2.23. The Bertz CT molecular complexity index is 1390. The Morgan fingerprint density at radius 1 is 1.09 bits per heavy atom. The Balaban J connectivity index is 1.28. The standard InChI is InChI=1S/C24H24N4O5S/c1-27-18-8-4-5-9-19(18)28(24(27)31)12-11-23(30)33-14-16-15-34-22(25-16)13-21(29)26-17-7-3-6-10-20(17)32-2/h3-10,15H,11-14H2,1-2H3,(H,26,29). The third kappa shape index (κ3) is 5.18. The first-order valence-corrected chi connectivity index (χ1v) is 11.5. The van der Waals surface area contributed by atoms with Gasteiger partial charge in [0, 0.05) is 19.0 Å². The lowest BCUT2D eigenvalue weighted by atomic mass is 10.3. The van der Waals surface area contributed by atoms with E-state index in [0.29, 0.717) is 22.1 Å². The molecular formula is C24H24N4O5S. The second-order valence-corrected chi connectivity index (χ2v) is 8.49. The summed E-state index contributed by atoms with van der Waals surface area (Å²) < 4.78 is 13.7. The molecule has 4 rings (SSSR count). The summed E-state index contributed by atoms with van der Waals surface area (Å²) in [7, 11) is 3.25. The average Bonchev–Trinajstić information content (AvgIpc) is 3.39. The molecule has 2 aromatic carbocycles. The predicted octanol–water partition coefficient (Wildman–Crippen LogP) is 3.12. The minimum atomic E-state index is -0.428. The number of carbonyl (C=O) groups is 2. The maximum atomic E-state index is 12.4. The van der Waals surface area contributed by atoms with Gasteiger partial charge in [0.2, 0.25) is 5.91 Å². The molecule has 0 aliphatic rings. The molecule has 9 nitrogen and oxygen atoms in total. The van der Waals surface area contributed by atoms with Crippen molar-refractivity contribution in [3.05, 3.63) is 75.1 Å². The first-order valence-electron chi connectivity index (χ1n) is 10.6. The molecule has 2 aromatic heterocycles. The molecule has 34 heavy (non-hydrogen) atoms. The number of imidazole rings is 1. The molecule has 0 aliphatic carbocycles. The SMILES string of the molecule is COc1ccccc1NC(=O)Cc1nc(COC(=O)CCn2c(=O)n(C)c3ccccc32)cs1. The van der Waals surface area contributed by atoms with Gasteiger partial charge in [0.1, 0.15) is 17.4 Å². The molecule has 10 heteroatoms. The number of esters is 1. The third-order valence-electron chi connectivity index (χ3n) is 5.26. The van der Waals surface area contributed by atoms with Crippen molar-refractivity contribution >= 4 is 39.9 Å². The van der Waals surface area contributed by atoms with Crippen molar-refractivity contribution in [3.8, 4) is 5.75 Å². The van der Waals surface area contributed by atoms with Gasteiger partial charge in [-0.15, -0.1) is 11.3 Å². The van der Waals surface area contributed by atoms with Crippen LogP contribution in [-0.4, -0.2) is 33.1 Å². The van der Waals surface area contributed by atoms with Crippen LogP contribution < -0.4 is 15.7 Å². The maximum Gasteiger partial charge on any atom is 0.328 e. The number of aryl methyl sites for hydroxylation is 2. The number of benzene rings is 2. The quantitative estimate of drug-likeness (QED) is 0.369. The molecule has 0 atom stereocenters. The number of hydrogen-bond donors (Lipinski definition) is 1. The van der Waals surface area contributed by atoms with E-state index >= 15 is 0 Å². The Kier molecular flexibility index (Phi) is 7.07. The van der Waals surface area contributed by atoms with E-state index < -0.39 is 5.97 Å². The van der Waals surface area contributed by atoms with E-state index in [4.69, 9.17) is 9.47 Å². The van der Waals surface area contributed by atoms with E-state index in [9.17, 15) is 14.4 Å². The molecule has 0 radical (unpaired) electrons. The number of hydrogen-bond acceptors (Lipinski definition) is 7. The number of carbonyl (C=O) groups excluding carboxylic acids is 2. The lowest BCUT2D eigenvalue weighted by molar-refractivity contribution is -0.145. The summed E-state index contributed by atoms with van der Waals surface area (Å²) >= 11 is 1.32. The monoisotopic (exact) mass is 480 g/mol. The summed E-state index contributed by atoms with van der Waals surface area (Å²) in [5.74, 6) is -0.0698. The molecule has 1 N–H and O–H groups in total. The van der Waals surface area contributed by atoms with Gasteiger partial charge < -0.3 is 14.8 Å². The average molecular weight is 481 g/mol. The van der Waals surface area contributed by atoms with Crippen molar-refractivity contribution < 1.29 is 19.1 Å². The summed E-state index contributed by atoms with van der Waals surface area (Å²) in [6.45, 7) is 0.234. The van der Waals surface area contributed by atoms with E-state index in [1.807, 2.05) is 36.4 Å². The van der Waals surface area contributed by atoms with Gasteiger partial charge in [0.05, 0.1) is 42.4 Å². The zero-order valence-electron chi connectivity index (χ0n) is 18.8. The summed E-state index contributed by atoms with van der Waals surface area (Å²) in [5, 5.41) is 5.18. The number of fused-ring (bicyclic) bond motifs is 1. The van der Waals surface area contributed by atoms with Gasteiger partial charge in [-0.2, -0.15) is 0 Å². The number of thiazole rings is 1. The highest BCUT2D eigenvalue weighted by Gasteiger charge is 2.14. The van der Waals surface area contributed by atoms with Crippen LogP contribution in [-0.2, 0) is 40.9 Å². The Morgan fingerprint density at radius 2 is 1.82 bits per heavy atom. The smallest absolute Gasteiger partial charge is 0.328 e. The molecule has 0 unspecified atom stereocenters. The highest BCUT2D eigenvalue weighted by molar-refractivity contribution is 7.09. The molecule has 0 aliphatic heterocycles. The van der Waals surface area contributed by atoms with Crippen LogP contribution in [0.2, 0.25) is 0 Å². The van der Waals surface area contributed by atoms with Gasteiger partial charge >= 0.3 is 11.7 Å². The van der Waals surface area contributed by atoms with Crippen LogP contribution >= 0.6 is 11.3 Å². The molecule has 0 saturated heterocycles. The van der Waals surface area contributed by atoms with E-state index in [1.165, 1.54) is 11.3 Å². The van der Waals surface area contributed by atoms with Crippen molar-refractivity contribution in [1.82, 2.24) is 14.1 Å². The molecule has 0 bridgehead atoms. The molecule has 0 fully saturated rings. The van der Waals surface area contributed by atoms with Gasteiger partial charge in [-0.25, -0.2) is 9.78 Å². The third-order valence-corrected chi connectivity index (χ3v) is 6.16. The number of amides is 1. The van der Waals surface area contributed by atoms with Crippen LogP contribution in [0.3, 0.4) is 0 Å². The van der Waals surface area contributed by atoms with Crippen LogP contribution in [0.4, 0.5) is 5.69 Å². The molecule has 0 spiro atoms. The minimum absolute atomic E-state index is 0.00783. The summed E-state index contributed by atoms with van der Waals surface area (Å²) in [5.41, 5.74) is 2.57. The van der Waals surface area contributed by atoms with Crippen molar-refractivity contribution in [2.24, 2.45) is 7.05 Å². The number of methoxy groups -OCH3 is 1. The molecular weight excluding hydrogens is 456 g/mol. The first-order chi connectivity index (χ1) is 16.5. The van der Waals surface area contributed by atoms with Gasteiger partial charge in [-0.1, -0.05) is 24.3 Å². The van der Waals surface area contributed by atoms with Gasteiger partial charge in [-0.3, -0.25) is 18.7 Å². The topological polar surface area (TPSA) is 104 Å². The molecule has 0 saturated carbocycles. The van der Waals surface area contributed by atoms with Crippen molar-refractivity contribution in [2.75, 3.05) is 12.4 Å². The van der Waals surface area contributed by atoms with E-state index in [-0.39, 0.29) is 37.6 Å². The van der Waals surface area contributed by atoms with E-state index in [0.717, 1.165) is 11.0 Å². The Morgan fingerprint density at radius 3 is 2.62 bits per heavy atom. The molecule has 176 valence electrons. The van der Waals surface area contributed by atoms with Crippen LogP contribution in [0.5, 0.6) is 5.75 Å². The summed E-state index contributed by atoms with van der Waals surface area (Å²) in [4.78, 5) is 41.4. The van der Waals surface area contributed by atoms with E-state index in [2.05, 4.69) is 10.3 Å². The fraction of sp³-hybridized carbons (Fsp3) is 0.250. The largest absolute Gasteiger partial charge is 0.495 e. The van der Waals surface area contributed by atoms with Crippen LogP contribution in [0.15, 0.2) is 58.7 Å². The number of ether oxygens (including phenoxy) is 2. The van der Waals surface area contributed by atoms with E-state index in [1.54, 1.807) is 40.8 Å². The van der Waals surface area contributed by atoms with Gasteiger partial charge in [-0.05, 0) is 24.3 Å². The summed E-state index contributed by atoms with van der Waals surface area (Å²) in [6, 6.07) is 14.6. The fourth-order valence-electron chi connectivity index (χ4n) is 3.59. The number of aromatic nitrogens is 3. The zero-order valence-corrected chi connectivity index (χ0v) is 19.6. The predicted molar refractivity (Wildman–Crippen MR) is 129 cm³/mol. The highest BCUT2D eigenvalue weighted by atomic mass is 32.1. The van der Waals surface area contributed by atoms with Gasteiger partial charge in [0.15, 0.2) is 0 Å². The number of nitrogens with zero attached hydrogens (tertiary/aromatic N) is 3. The molecule has 1 amide bonds. The fourth-order valence-corrected chi connectivity index (χ4v) is 4.36. The van der Waals surface area contributed by atoms with Crippen molar-refractivity contribution in [3.63, 3.8) is 0 Å². The minimum Gasteiger partial charge on any atom is -0.495 e. The number of anilines is 1. The number of nitrogens with one attached hydrogen (secondary N) is 1.